The highest BCUT2D eigenvalue weighted by Gasteiger charge is 2.50. The Kier molecular flexibility index (Phi) is 5.83. The fraction of sp³-hybridized carbons (Fsp3) is 0.429. The third-order valence-electron chi connectivity index (χ3n) is 4.90. The number of methoxy groups -OCH3 is 1. The van der Waals surface area contributed by atoms with Gasteiger partial charge in [-0.05, 0) is 5.56 Å². The topological polar surface area (TPSA) is 66.4 Å². The molecule has 144 valence electrons. The summed E-state index contributed by atoms with van der Waals surface area (Å²) in [6.45, 7) is 0.661. The van der Waals surface area contributed by atoms with E-state index in [1.165, 1.54) is 7.11 Å². The maximum absolute atomic E-state index is 10.9. The van der Waals surface area contributed by atoms with Crippen LogP contribution in [-0.4, -0.2) is 49.5 Å². The predicted octanol–water partition coefficient (Wildman–Crippen LogP) is 2.42. The van der Waals surface area contributed by atoms with E-state index in [4.69, 9.17) is 23.7 Å². The Balaban J connectivity index is 1.46. The molecule has 4 unspecified atom stereocenters. The van der Waals surface area contributed by atoms with Gasteiger partial charge in [0.25, 0.3) is 0 Å². The van der Waals surface area contributed by atoms with Crippen LogP contribution in [0.1, 0.15) is 17.4 Å². The van der Waals surface area contributed by atoms with Crippen molar-refractivity contribution in [1.82, 2.24) is 0 Å². The molecule has 2 saturated heterocycles. The number of ether oxygens (including phenoxy) is 5. The van der Waals surface area contributed by atoms with E-state index in [9.17, 15) is 5.11 Å². The lowest BCUT2D eigenvalue weighted by Gasteiger charge is -2.47. The second kappa shape index (κ2) is 8.48. The highest BCUT2D eigenvalue weighted by Crippen LogP contribution is 2.35. The maximum Gasteiger partial charge on any atom is 0.186 e. The summed E-state index contributed by atoms with van der Waals surface area (Å²) in [7, 11) is 1.54. The van der Waals surface area contributed by atoms with Crippen LogP contribution < -0.4 is 0 Å². The SMILES string of the molecule is COC1OC2COC(c3ccccc3)OC2[C@H](O)[C@H]1OCc1ccccc1. The normalized spacial score (nSPS) is 33.4. The van der Waals surface area contributed by atoms with Gasteiger partial charge in [-0.25, -0.2) is 0 Å². The molecule has 2 fully saturated rings. The molecule has 0 saturated carbocycles. The van der Waals surface area contributed by atoms with Gasteiger partial charge in [0.1, 0.15) is 24.4 Å². The van der Waals surface area contributed by atoms with E-state index >= 15 is 0 Å². The van der Waals surface area contributed by atoms with Crippen LogP contribution in [0.25, 0.3) is 0 Å². The molecule has 6 atom stereocenters. The van der Waals surface area contributed by atoms with Crippen molar-refractivity contribution in [2.75, 3.05) is 13.7 Å². The number of aliphatic hydroxyl groups excluding tert-OH is 1. The zero-order valence-corrected chi connectivity index (χ0v) is 15.1. The zero-order valence-electron chi connectivity index (χ0n) is 15.1. The van der Waals surface area contributed by atoms with Gasteiger partial charge >= 0.3 is 0 Å². The lowest BCUT2D eigenvalue weighted by Crippen LogP contribution is -2.62. The minimum atomic E-state index is -0.896. The average Bonchev–Trinajstić information content (AvgIpc) is 2.74. The summed E-state index contributed by atoms with van der Waals surface area (Å²) in [6.07, 6.45) is -3.76. The van der Waals surface area contributed by atoms with Crippen molar-refractivity contribution in [3.05, 3.63) is 71.8 Å². The summed E-state index contributed by atoms with van der Waals surface area (Å²) in [5.41, 5.74) is 1.91. The molecule has 2 aromatic rings. The summed E-state index contributed by atoms with van der Waals surface area (Å²) in [4.78, 5) is 0. The molecule has 1 N–H and O–H groups in total. The molecular weight excluding hydrogens is 348 g/mol. The summed E-state index contributed by atoms with van der Waals surface area (Å²) >= 11 is 0. The summed E-state index contributed by atoms with van der Waals surface area (Å²) in [6, 6.07) is 19.4. The van der Waals surface area contributed by atoms with Crippen LogP contribution >= 0.6 is 0 Å². The smallest absolute Gasteiger partial charge is 0.186 e. The van der Waals surface area contributed by atoms with Crippen molar-refractivity contribution in [1.29, 1.82) is 0 Å². The molecule has 2 aliphatic heterocycles. The number of rotatable bonds is 5. The van der Waals surface area contributed by atoms with E-state index in [0.29, 0.717) is 13.2 Å². The predicted molar refractivity (Wildman–Crippen MR) is 96.7 cm³/mol. The van der Waals surface area contributed by atoms with E-state index in [-0.39, 0.29) is 0 Å². The third kappa shape index (κ3) is 4.06. The van der Waals surface area contributed by atoms with Gasteiger partial charge in [0.2, 0.25) is 0 Å². The molecule has 2 aliphatic rings. The lowest BCUT2D eigenvalue weighted by atomic mass is 9.97. The number of fused-ring (bicyclic) bond motifs is 1. The van der Waals surface area contributed by atoms with E-state index in [0.717, 1.165) is 11.1 Å². The van der Waals surface area contributed by atoms with E-state index in [1.54, 1.807) is 0 Å². The standard InChI is InChI=1S/C21H24O6/c1-23-21-19(24-12-14-8-4-2-5-9-14)17(22)18-16(26-21)13-25-20(27-18)15-10-6-3-7-11-15/h2-11,16-22H,12-13H2,1H3/t16?,17-,18?,19+,20?,21?/m0/s1. The highest BCUT2D eigenvalue weighted by molar-refractivity contribution is 5.17. The van der Waals surface area contributed by atoms with Crippen LogP contribution in [0.4, 0.5) is 0 Å². The minimum Gasteiger partial charge on any atom is -0.387 e. The van der Waals surface area contributed by atoms with Crippen LogP contribution in [-0.2, 0) is 30.3 Å². The second-order valence-corrected chi connectivity index (χ2v) is 6.71. The number of hydrogen-bond acceptors (Lipinski definition) is 6. The Bertz CT molecular complexity index is 703. The largest absolute Gasteiger partial charge is 0.387 e. The molecule has 6 heteroatoms. The molecule has 0 bridgehead atoms. The van der Waals surface area contributed by atoms with Crippen molar-refractivity contribution in [2.24, 2.45) is 0 Å². The first kappa shape index (κ1) is 18.6. The number of aliphatic hydroxyl groups is 1. The summed E-state index contributed by atoms with van der Waals surface area (Å²) in [5.74, 6) is 0. The molecule has 0 radical (unpaired) electrons. The van der Waals surface area contributed by atoms with Crippen molar-refractivity contribution in [3.8, 4) is 0 Å². The van der Waals surface area contributed by atoms with Gasteiger partial charge in [-0.1, -0.05) is 60.7 Å². The molecule has 2 aromatic carbocycles. The first-order chi connectivity index (χ1) is 13.3. The fourth-order valence-corrected chi connectivity index (χ4v) is 3.48. The van der Waals surface area contributed by atoms with Crippen molar-refractivity contribution < 1.29 is 28.8 Å². The molecule has 0 aliphatic carbocycles. The highest BCUT2D eigenvalue weighted by atomic mass is 16.8. The van der Waals surface area contributed by atoms with Gasteiger partial charge in [0.05, 0.1) is 13.2 Å². The molecule has 0 amide bonds. The number of benzene rings is 2. The van der Waals surface area contributed by atoms with E-state index in [2.05, 4.69) is 0 Å². The maximum atomic E-state index is 10.9. The summed E-state index contributed by atoms with van der Waals surface area (Å²) in [5, 5.41) is 10.9. The van der Waals surface area contributed by atoms with Gasteiger partial charge < -0.3 is 28.8 Å². The van der Waals surface area contributed by atoms with Gasteiger partial charge in [-0.3, -0.25) is 0 Å². The van der Waals surface area contributed by atoms with Crippen LogP contribution in [0.3, 0.4) is 0 Å². The molecular formula is C21H24O6. The van der Waals surface area contributed by atoms with Crippen LogP contribution in [0.2, 0.25) is 0 Å². The van der Waals surface area contributed by atoms with Gasteiger partial charge in [-0.15, -0.1) is 0 Å². The Morgan fingerprint density at radius 3 is 2.41 bits per heavy atom. The van der Waals surface area contributed by atoms with Crippen LogP contribution in [0, 0.1) is 0 Å². The lowest BCUT2D eigenvalue weighted by molar-refractivity contribution is -0.363. The van der Waals surface area contributed by atoms with Crippen LogP contribution in [0.5, 0.6) is 0 Å². The Morgan fingerprint density at radius 1 is 1.00 bits per heavy atom. The minimum absolute atomic E-state index is 0.312. The van der Waals surface area contributed by atoms with Crippen molar-refractivity contribution in [3.63, 3.8) is 0 Å². The van der Waals surface area contributed by atoms with Gasteiger partial charge in [0, 0.05) is 12.7 Å². The molecule has 0 aromatic heterocycles. The quantitative estimate of drug-likeness (QED) is 0.870. The zero-order chi connectivity index (χ0) is 18.6. The monoisotopic (exact) mass is 372 g/mol. The first-order valence-corrected chi connectivity index (χ1v) is 9.10. The van der Waals surface area contributed by atoms with E-state index in [1.807, 2.05) is 60.7 Å². The fourth-order valence-electron chi connectivity index (χ4n) is 3.48. The molecule has 6 nitrogen and oxygen atoms in total. The Labute approximate surface area is 158 Å². The van der Waals surface area contributed by atoms with Crippen LogP contribution in [0.15, 0.2) is 60.7 Å². The molecule has 0 spiro atoms. The van der Waals surface area contributed by atoms with Gasteiger partial charge in [0.15, 0.2) is 12.6 Å². The van der Waals surface area contributed by atoms with E-state index < -0.39 is 37.0 Å². The average molecular weight is 372 g/mol. The van der Waals surface area contributed by atoms with Crippen molar-refractivity contribution >= 4 is 0 Å². The number of hydrogen-bond donors (Lipinski definition) is 1. The Hall–Kier alpha value is -1.80. The first-order valence-electron chi connectivity index (χ1n) is 9.10. The summed E-state index contributed by atoms with van der Waals surface area (Å²) < 4.78 is 29.1. The molecule has 27 heavy (non-hydrogen) atoms. The Morgan fingerprint density at radius 2 is 1.70 bits per heavy atom. The van der Waals surface area contributed by atoms with Crippen molar-refractivity contribution in [2.45, 2.75) is 43.6 Å². The van der Waals surface area contributed by atoms with Gasteiger partial charge in [-0.2, -0.15) is 0 Å². The second-order valence-electron chi connectivity index (χ2n) is 6.71. The molecule has 4 rings (SSSR count). The third-order valence-corrected chi connectivity index (χ3v) is 4.90. The molecule has 2 heterocycles.